The second-order valence-electron chi connectivity index (χ2n) is 4.34. The summed E-state index contributed by atoms with van der Waals surface area (Å²) in [7, 11) is 0. The van der Waals surface area contributed by atoms with Crippen molar-refractivity contribution >= 4 is 29.3 Å². The van der Waals surface area contributed by atoms with Crippen LogP contribution in [0, 0.1) is 0 Å². The first-order valence-corrected chi connectivity index (χ1v) is 7.25. The van der Waals surface area contributed by atoms with Crippen LogP contribution in [-0.4, -0.2) is 6.61 Å². The van der Waals surface area contributed by atoms with Crippen molar-refractivity contribution in [1.29, 1.82) is 0 Å². The normalized spacial score (nSPS) is 12.8. The lowest BCUT2D eigenvalue weighted by molar-refractivity contribution is 0.0973. The van der Waals surface area contributed by atoms with Gasteiger partial charge in [0.05, 0.1) is 0 Å². The Hall–Kier alpha value is -1.28. The predicted molar refractivity (Wildman–Crippen MR) is 86.3 cm³/mol. The molecule has 0 aliphatic carbocycles. The molecule has 1 unspecified atom stereocenters. The molecule has 0 saturated heterocycles. The van der Waals surface area contributed by atoms with Crippen molar-refractivity contribution in [2.24, 2.45) is 0 Å². The Labute approximate surface area is 129 Å². The van der Waals surface area contributed by atoms with Crippen LogP contribution >= 0.6 is 23.2 Å². The average Bonchev–Trinajstić information content (AvgIpc) is 2.46. The molecule has 0 radical (unpaired) electrons. The summed E-state index contributed by atoms with van der Waals surface area (Å²) in [5, 5.41) is 1.46. The molecule has 0 heterocycles. The Bertz CT molecular complexity index is 559. The van der Waals surface area contributed by atoms with Gasteiger partial charge < -0.3 is 4.74 Å². The number of halogens is 2. The number of hydrogen-bond donors (Lipinski definition) is 0. The standard InChI is InChI=1S/C17H16Cl2O/c1-2-20-17(14-6-10-16(19)11-7-14)12-5-13-3-8-15(18)9-4-13/h3-12,17H,2H2,1H3/b12-5+. The van der Waals surface area contributed by atoms with Crippen molar-refractivity contribution in [3.63, 3.8) is 0 Å². The van der Waals surface area contributed by atoms with Crippen LogP contribution in [0.3, 0.4) is 0 Å². The maximum atomic E-state index is 5.91. The quantitative estimate of drug-likeness (QED) is 0.680. The van der Waals surface area contributed by atoms with Crippen LogP contribution in [0.25, 0.3) is 6.08 Å². The van der Waals surface area contributed by atoms with E-state index in [1.807, 2.05) is 67.6 Å². The Morgan fingerprint density at radius 2 is 1.50 bits per heavy atom. The molecule has 20 heavy (non-hydrogen) atoms. The third-order valence-corrected chi connectivity index (χ3v) is 3.38. The first-order chi connectivity index (χ1) is 9.69. The molecule has 0 amide bonds. The molecule has 2 rings (SSSR count). The molecule has 0 N–H and O–H groups in total. The molecule has 0 fully saturated rings. The monoisotopic (exact) mass is 306 g/mol. The van der Waals surface area contributed by atoms with E-state index in [2.05, 4.69) is 0 Å². The third kappa shape index (κ3) is 4.38. The van der Waals surface area contributed by atoms with Gasteiger partial charge >= 0.3 is 0 Å². The zero-order chi connectivity index (χ0) is 14.4. The highest BCUT2D eigenvalue weighted by Crippen LogP contribution is 2.22. The molecule has 1 atom stereocenters. The molecule has 0 aromatic heterocycles. The summed E-state index contributed by atoms with van der Waals surface area (Å²) in [5.74, 6) is 0. The van der Waals surface area contributed by atoms with Gasteiger partial charge in [-0.2, -0.15) is 0 Å². The molecular weight excluding hydrogens is 291 g/mol. The maximum absolute atomic E-state index is 5.91. The van der Waals surface area contributed by atoms with Gasteiger partial charge in [-0.15, -0.1) is 0 Å². The molecule has 0 aliphatic rings. The predicted octanol–water partition coefficient (Wildman–Crippen LogP) is 5.78. The highest BCUT2D eigenvalue weighted by molar-refractivity contribution is 6.30. The summed E-state index contributed by atoms with van der Waals surface area (Å²) in [4.78, 5) is 0. The van der Waals surface area contributed by atoms with Gasteiger partial charge in [-0.25, -0.2) is 0 Å². The zero-order valence-electron chi connectivity index (χ0n) is 11.2. The molecule has 0 saturated carbocycles. The van der Waals surface area contributed by atoms with Crippen LogP contribution in [0.15, 0.2) is 54.6 Å². The molecule has 0 spiro atoms. The van der Waals surface area contributed by atoms with Gasteiger partial charge in [0.1, 0.15) is 6.10 Å². The molecule has 0 aliphatic heterocycles. The minimum Gasteiger partial charge on any atom is -0.370 e. The van der Waals surface area contributed by atoms with Gasteiger partial charge in [-0.3, -0.25) is 0 Å². The second kappa shape index (κ2) is 7.49. The fourth-order valence-electron chi connectivity index (χ4n) is 1.87. The van der Waals surface area contributed by atoms with Crippen molar-refractivity contribution in [2.75, 3.05) is 6.61 Å². The van der Waals surface area contributed by atoms with Gasteiger partial charge in [0, 0.05) is 16.7 Å². The van der Waals surface area contributed by atoms with E-state index in [4.69, 9.17) is 27.9 Å². The van der Waals surface area contributed by atoms with Crippen molar-refractivity contribution in [2.45, 2.75) is 13.0 Å². The maximum Gasteiger partial charge on any atom is 0.101 e. The largest absolute Gasteiger partial charge is 0.370 e. The van der Waals surface area contributed by atoms with Gasteiger partial charge in [0.15, 0.2) is 0 Å². The summed E-state index contributed by atoms with van der Waals surface area (Å²) < 4.78 is 5.76. The Morgan fingerprint density at radius 3 is 2.05 bits per heavy atom. The molecule has 104 valence electrons. The number of hydrogen-bond acceptors (Lipinski definition) is 1. The fraction of sp³-hybridized carbons (Fsp3) is 0.176. The van der Waals surface area contributed by atoms with Crippen molar-refractivity contribution in [1.82, 2.24) is 0 Å². The average molecular weight is 307 g/mol. The van der Waals surface area contributed by atoms with Crippen LogP contribution in [0.4, 0.5) is 0 Å². The first-order valence-electron chi connectivity index (χ1n) is 6.50. The lowest BCUT2D eigenvalue weighted by atomic mass is 10.1. The number of benzene rings is 2. The van der Waals surface area contributed by atoms with Crippen molar-refractivity contribution in [3.8, 4) is 0 Å². The molecule has 0 bridgehead atoms. The first kappa shape index (κ1) is 15.1. The fourth-order valence-corrected chi connectivity index (χ4v) is 2.12. The lowest BCUT2D eigenvalue weighted by Gasteiger charge is -2.13. The van der Waals surface area contributed by atoms with Crippen LogP contribution in [0.5, 0.6) is 0 Å². The summed E-state index contributed by atoms with van der Waals surface area (Å²) in [6.07, 6.45) is 3.99. The van der Waals surface area contributed by atoms with Crippen LogP contribution in [0.1, 0.15) is 24.2 Å². The summed E-state index contributed by atoms with van der Waals surface area (Å²) in [5.41, 5.74) is 2.18. The van der Waals surface area contributed by atoms with Crippen LogP contribution in [0.2, 0.25) is 10.0 Å². The summed E-state index contributed by atoms with van der Waals surface area (Å²) >= 11 is 11.8. The summed E-state index contributed by atoms with van der Waals surface area (Å²) in [6, 6.07) is 15.4. The minimum absolute atomic E-state index is 0.0760. The lowest BCUT2D eigenvalue weighted by Crippen LogP contribution is -2.00. The van der Waals surface area contributed by atoms with E-state index >= 15 is 0 Å². The zero-order valence-corrected chi connectivity index (χ0v) is 12.7. The van der Waals surface area contributed by atoms with E-state index in [1.165, 1.54) is 0 Å². The SMILES string of the molecule is CCOC(/C=C/c1ccc(Cl)cc1)c1ccc(Cl)cc1. The van der Waals surface area contributed by atoms with Crippen molar-refractivity contribution in [3.05, 3.63) is 75.8 Å². The van der Waals surface area contributed by atoms with Gasteiger partial charge in [0.2, 0.25) is 0 Å². The summed E-state index contributed by atoms with van der Waals surface area (Å²) in [6.45, 7) is 2.64. The van der Waals surface area contributed by atoms with E-state index in [1.54, 1.807) is 0 Å². The smallest absolute Gasteiger partial charge is 0.101 e. The second-order valence-corrected chi connectivity index (χ2v) is 5.21. The van der Waals surface area contributed by atoms with E-state index in [0.29, 0.717) is 6.61 Å². The van der Waals surface area contributed by atoms with Crippen LogP contribution in [-0.2, 0) is 4.74 Å². The highest BCUT2D eigenvalue weighted by atomic mass is 35.5. The van der Waals surface area contributed by atoms with Gasteiger partial charge in [-0.05, 0) is 42.3 Å². The van der Waals surface area contributed by atoms with E-state index in [0.717, 1.165) is 21.2 Å². The third-order valence-electron chi connectivity index (χ3n) is 2.88. The number of ether oxygens (including phenoxy) is 1. The molecule has 1 nitrogen and oxygen atoms in total. The Morgan fingerprint density at radius 1 is 0.950 bits per heavy atom. The van der Waals surface area contributed by atoms with E-state index in [9.17, 15) is 0 Å². The van der Waals surface area contributed by atoms with Crippen LogP contribution < -0.4 is 0 Å². The molecule has 2 aromatic rings. The topological polar surface area (TPSA) is 9.23 Å². The minimum atomic E-state index is -0.0760. The molecular formula is C17H16Cl2O. The molecule has 2 aromatic carbocycles. The molecule has 3 heteroatoms. The van der Waals surface area contributed by atoms with Gasteiger partial charge in [0.25, 0.3) is 0 Å². The Balaban J connectivity index is 2.16. The van der Waals surface area contributed by atoms with Crippen molar-refractivity contribution < 1.29 is 4.74 Å². The Kier molecular flexibility index (Phi) is 5.66. The van der Waals surface area contributed by atoms with E-state index < -0.39 is 0 Å². The van der Waals surface area contributed by atoms with Gasteiger partial charge in [-0.1, -0.05) is 59.6 Å². The number of rotatable bonds is 5. The highest BCUT2D eigenvalue weighted by Gasteiger charge is 2.07. The van der Waals surface area contributed by atoms with E-state index in [-0.39, 0.29) is 6.10 Å².